The highest BCUT2D eigenvalue weighted by molar-refractivity contribution is 6.34. The predicted octanol–water partition coefficient (Wildman–Crippen LogP) is 1.57. The number of carbonyl (C=O) groups is 3. The van der Waals surface area contributed by atoms with Crippen LogP contribution in [0.5, 0.6) is 0 Å². The SMILES string of the molecule is COC(=O)c1cc(N2C(=O)[C@@H]3[C@H](C2=O)[C@@H]2C=C[C@H]3O2)ccc1Cl. The fourth-order valence-corrected chi connectivity index (χ4v) is 3.67. The van der Waals surface area contributed by atoms with E-state index in [0.29, 0.717) is 5.69 Å². The summed E-state index contributed by atoms with van der Waals surface area (Å²) in [5.74, 6) is -2.23. The van der Waals surface area contributed by atoms with Crippen LogP contribution in [0.25, 0.3) is 0 Å². The highest BCUT2D eigenvalue weighted by atomic mass is 35.5. The number of carbonyl (C=O) groups excluding carboxylic acids is 3. The smallest absolute Gasteiger partial charge is 0.339 e. The van der Waals surface area contributed by atoms with Crippen LogP contribution in [0, 0.1) is 11.8 Å². The minimum atomic E-state index is -0.624. The topological polar surface area (TPSA) is 72.9 Å². The van der Waals surface area contributed by atoms with Crippen molar-refractivity contribution in [2.24, 2.45) is 11.8 Å². The third-order valence-electron chi connectivity index (χ3n) is 4.52. The molecule has 4 atom stereocenters. The van der Waals surface area contributed by atoms with E-state index in [-0.39, 0.29) is 34.6 Å². The molecular formula is C16H12ClNO5. The van der Waals surface area contributed by atoms with Gasteiger partial charge in [-0.2, -0.15) is 0 Å². The van der Waals surface area contributed by atoms with Crippen molar-refractivity contribution in [1.29, 1.82) is 0 Å². The second-order valence-corrected chi connectivity index (χ2v) is 6.08. The lowest BCUT2D eigenvalue weighted by molar-refractivity contribution is -0.124. The first-order valence-corrected chi connectivity index (χ1v) is 7.50. The van der Waals surface area contributed by atoms with Gasteiger partial charge in [0, 0.05) is 0 Å². The predicted molar refractivity (Wildman–Crippen MR) is 80.1 cm³/mol. The summed E-state index contributed by atoms with van der Waals surface area (Å²) in [6.07, 6.45) is 2.95. The minimum Gasteiger partial charge on any atom is -0.465 e. The minimum absolute atomic E-state index is 0.113. The van der Waals surface area contributed by atoms with Gasteiger partial charge in [-0.25, -0.2) is 9.69 Å². The summed E-state index contributed by atoms with van der Waals surface area (Å²) in [5.41, 5.74) is 0.431. The third kappa shape index (κ3) is 1.88. The molecule has 3 heterocycles. The van der Waals surface area contributed by atoms with Crippen LogP contribution < -0.4 is 4.90 Å². The number of hydrogen-bond acceptors (Lipinski definition) is 5. The van der Waals surface area contributed by atoms with E-state index in [0.717, 1.165) is 4.90 Å². The van der Waals surface area contributed by atoms with Crippen molar-refractivity contribution in [2.75, 3.05) is 12.0 Å². The molecule has 0 radical (unpaired) electrons. The molecule has 3 aliphatic rings. The molecule has 0 spiro atoms. The summed E-state index contributed by atoms with van der Waals surface area (Å²) >= 11 is 5.98. The van der Waals surface area contributed by atoms with Crippen molar-refractivity contribution in [3.8, 4) is 0 Å². The zero-order valence-electron chi connectivity index (χ0n) is 12.1. The molecule has 118 valence electrons. The third-order valence-corrected chi connectivity index (χ3v) is 4.85. The zero-order chi connectivity index (χ0) is 16.3. The number of amides is 2. The van der Waals surface area contributed by atoms with E-state index >= 15 is 0 Å². The van der Waals surface area contributed by atoms with Crippen LogP contribution in [0.3, 0.4) is 0 Å². The maximum Gasteiger partial charge on any atom is 0.339 e. The summed E-state index contributed by atoms with van der Waals surface area (Å²) in [7, 11) is 1.24. The molecule has 0 unspecified atom stereocenters. The number of methoxy groups -OCH3 is 1. The molecular weight excluding hydrogens is 322 g/mol. The van der Waals surface area contributed by atoms with E-state index in [1.54, 1.807) is 6.07 Å². The van der Waals surface area contributed by atoms with Crippen molar-refractivity contribution in [3.63, 3.8) is 0 Å². The average molecular weight is 334 g/mol. The second kappa shape index (κ2) is 4.91. The van der Waals surface area contributed by atoms with Crippen molar-refractivity contribution >= 4 is 35.1 Å². The number of fused-ring (bicyclic) bond motifs is 5. The maximum absolute atomic E-state index is 12.7. The number of nitrogens with zero attached hydrogens (tertiary/aromatic N) is 1. The number of halogens is 1. The van der Waals surface area contributed by atoms with E-state index < -0.39 is 17.8 Å². The average Bonchev–Trinajstić information content (AvgIpc) is 3.22. The van der Waals surface area contributed by atoms with E-state index in [1.807, 2.05) is 12.2 Å². The summed E-state index contributed by atoms with van der Waals surface area (Å²) < 4.78 is 10.3. The lowest BCUT2D eigenvalue weighted by Crippen LogP contribution is -2.34. The first kappa shape index (κ1) is 14.4. The summed E-state index contributed by atoms with van der Waals surface area (Å²) in [5, 5.41) is 0.199. The Morgan fingerprint density at radius 3 is 2.35 bits per heavy atom. The van der Waals surface area contributed by atoms with Gasteiger partial charge < -0.3 is 9.47 Å². The molecule has 0 N–H and O–H groups in total. The van der Waals surface area contributed by atoms with Gasteiger partial charge in [0.2, 0.25) is 11.8 Å². The molecule has 7 heteroatoms. The molecule has 2 amide bonds. The molecule has 0 saturated carbocycles. The molecule has 0 aliphatic carbocycles. The van der Waals surface area contributed by atoms with Crippen molar-refractivity contribution in [2.45, 2.75) is 12.2 Å². The van der Waals surface area contributed by atoms with Crippen LogP contribution in [0.15, 0.2) is 30.4 Å². The number of benzene rings is 1. The van der Waals surface area contributed by atoms with E-state index in [9.17, 15) is 14.4 Å². The Kier molecular flexibility index (Phi) is 3.08. The molecule has 2 fully saturated rings. The van der Waals surface area contributed by atoms with Crippen LogP contribution >= 0.6 is 11.6 Å². The summed E-state index contributed by atoms with van der Waals surface area (Å²) in [6.45, 7) is 0. The number of anilines is 1. The lowest BCUT2D eigenvalue weighted by atomic mass is 9.85. The van der Waals surface area contributed by atoms with Crippen molar-refractivity contribution in [1.82, 2.24) is 0 Å². The van der Waals surface area contributed by atoms with Crippen LogP contribution in [-0.2, 0) is 19.1 Å². The van der Waals surface area contributed by atoms with Gasteiger partial charge in [-0.15, -0.1) is 0 Å². The van der Waals surface area contributed by atoms with Gasteiger partial charge in [-0.1, -0.05) is 23.8 Å². The lowest BCUT2D eigenvalue weighted by Gasteiger charge is -2.18. The van der Waals surface area contributed by atoms with Gasteiger partial charge in [0.15, 0.2) is 0 Å². The van der Waals surface area contributed by atoms with E-state index in [2.05, 4.69) is 4.74 Å². The Labute approximate surface area is 136 Å². The Balaban J connectivity index is 1.73. The van der Waals surface area contributed by atoms with Crippen molar-refractivity contribution in [3.05, 3.63) is 40.9 Å². The second-order valence-electron chi connectivity index (χ2n) is 5.67. The Bertz CT molecular complexity index is 744. The van der Waals surface area contributed by atoms with Gasteiger partial charge in [0.25, 0.3) is 0 Å². The first-order chi connectivity index (χ1) is 11.0. The number of rotatable bonds is 2. The number of imide groups is 1. The quantitative estimate of drug-likeness (QED) is 0.466. The van der Waals surface area contributed by atoms with Gasteiger partial charge in [-0.3, -0.25) is 9.59 Å². The summed E-state index contributed by atoms with van der Waals surface area (Å²) in [4.78, 5) is 38.2. The van der Waals surface area contributed by atoms with Gasteiger partial charge in [0.05, 0.1) is 47.4 Å². The number of ether oxygens (including phenoxy) is 2. The van der Waals surface area contributed by atoms with Crippen LogP contribution in [-0.4, -0.2) is 37.1 Å². The molecule has 4 rings (SSSR count). The maximum atomic E-state index is 12.7. The molecule has 23 heavy (non-hydrogen) atoms. The standard InChI is InChI=1S/C16H12ClNO5/c1-22-16(21)8-6-7(2-3-9(8)17)18-14(19)12-10-4-5-11(23-10)13(12)15(18)20/h2-6,10-13H,1H3/t10-,11+,12+,13-. The largest absolute Gasteiger partial charge is 0.465 e. The molecule has 3 aliphatic heterocycles. The number of hydrogen-bond donors (Lipinski definition) is 0. The molecule has 1 aromatic carbocycles. The van der Waals surface area contributed by atoms with Crippen LogP contribution in [0.2, 0.25) is 5.02 Å². The van der Waals surface area contributed by atoms with Crippen LogP contribution in [0.4, 0.5) is 5.69 Å². The fourth-order valence-electron chi connectivity index (χ4n) is 3.48. The Morgan fingerprint density at radius 1 is 1.17 bits per heavy atom. The monoisotopic (exact) mass is 333 g/mol. The number of esters is 1. The normalized spacial score (nSPS) is 31.0. The Hall–Kier alpha value is -2.18. The van der Waals surface area contributed by atoms with Crippen molar-refractivity contribution < 1.29 is 23.9 Å². The van der Waals surface area contributed by atoms with Gasteiger partial charge in [0.1, 0.15) is 0 Å². The van der Waals surface area contributed by atoms with Crippen LogP contribution in [0.1, 0.15) is 10.4 Å². The molecule has 6 nitrogen and oxygen atoms in total. The molecule has 0 aromatic heterocycles. The first-order valence-electron chi connectivity index (χ1n) is 7.12. The van der Waals surface area contributed by atoms with E-state index in [1.165, 1.54) is 19.2 Å². The van der Waals surface area contributed by atoms with Gasteiger partial charge in [-0.05, 0) is 18.2 Å². The summed E-state index contributed by atoms with van der Waals surface area (Å²) in [6, 6.07) is 4.42. The molecule has 2 saturated heterocycles. The highest BCUT2D eigenvalue weighted by Gasteiger charge is 2.61. The highest BCUT2D eigenvalue weighted by Crippen LogP contribution is 2.46. The van der Waals surface area contributed by atoms with Gasteiger partial charge >= 0.3 is 5.97 Å². The fraction of sp³-hybridized carbons (Fsp3) is 0.312. The van der Waals surface area contributed by atoms with E-state index in [4.69, 9.17) is 16.3 Å². The molecule has 2 bridgehead atoms. The molecule has 1 aromatic rings. The zero-order valence-corrected chi connectivity index (χ0v) is 12.8. The Morgan fingerprint density at radius 2 is 1.78 bits per heavy atom.